The molecule has 3 aromatic rings. The van der Waals surface area contributed by atoms with Crippen molar-refractivity contribution in [1.82, 2.24) is 10.2 Å². The molecule has 0 aliphatic carbocycles. The Bertz CT molecular complexity index is 824. The highest BCUT2D eigenvalue weighted by molar-refractivity contribution is 7.98. The third kappa shape index (κ3) is 4.27. The van der Waals surface area contributed by atoms with Crippen LogP contribution in [0.4, 0.5) is 4.39 Å². The second-order valence-corrected chi connectivity index (χ2v) is 6.34. The van der Waals surface area contributed by atoms with Gasteiger partial charge in [0.05, 0.1) is 13.5 Å². The zero-order chi connectivity index (χ0) is 16.9. The highest BCUT2D eigenvalue weighted by Gasteiger charge is 2.10. The minimum atomic E-state index is -0.353. The molecule has 0 saturated heterocycles. The Morgan fingerprint density at radius 1 is 1.17 bits per heavy atom. The second kappa shape index (κ2) is 7.68. The second-order valence-electron chi connectivity index (χ2n) is 5.01. The van der Waals surface area contributed by atoms with Crippen molar-refractivity contribution in [3.8, 4) is 5.75 Å². The summed E-state index contributed by atoms with van der Waals surface area (Å²) in [7, 11) is 1.63. The Balaban J connectivity index is 1.60. The first-order valence-corrected chi connectivity index (χ1v) is 8.52. The van der Waals surface area contributed by atoms with E-state index < -0.39 is 0 Å². The van der Waals surface area contributed by atoms with E-state index in [0.29, 0.717) is 28.3 Å². The molecule has 24 heavy (non-hydrogen) atoms. The molecule has 0 saturated carbocycles. The molecule has 3 rings (SSSR count). The number of hydrogen-bond donors (Lipinski definition) is 0. The summed E-state index contributed by atoms with van der Waals surface area (Å²) >= 11 is 7.37. The van der Waals surface area contributed by atoms with Crippen LogP contribution >= 0.6 is 23.4 Å². The lowest BCUT2D eigenvalue weighted by Crippen LogP contribution is -1.89. The summed E-state index contributed by atoms with van der Waals surface area (Å²) in [5.74, 6) is 1.52. The molecule has 0 radical (unpaired) electrons. The van der Waals surface area contributed by atoms with Gasteiger partial charge in [-0.1, -0.05) is 41.6 Å². The molecule has 0 atom stereocenters. The number of halogens is 2. The quantitative estimate of drug-likeness (QED) is 0.590. The number of nitrogens with zero attached hydrogens (tertiary/aromatic N) is 2. The molecule has 4 nitrogen and oxygen atoms in total. The van der Waals surface area contributed by atoms with Gasteiger partial charge in [-0.3, -0.25) is 0 Å². The van der Waals surface area contributed by atoms with Crippen molar-refractivity contribution in [2.24, 2.45) is 0 Å². The van der Waals surface area contributed by atoms with Gasteiger partial charge in [-0.15, -0.1) is 10.2 Å². The number of thioether (sulfide) groups is 1. The molecule has 0 unspecified atom stereocenters. The van der Waals surface area contributed by atoms with E-state index >= 15 is 0 Å². The first-order valence-electron chi connectivity index (χ1n) is 7.16. The van der Waals surface area contributed by atoms with Crippen molar-refractivity contribution in [2.75, 3.05) is 7.11 Å². The standard InChI is InChI=1S/C17H14ClFN2O2S/c1-22-14-6-2-11(3-7-14)8-16-20-21-17(23-16)24-10-12-4-5-13(19)9-15(12)18/h2-7,9H,8,10H2,1H3. The fourth-order valence-corrected chi connectivity index (χ4v) is 3.16. The van der Waals surface area contributed by atoms with Crippen molar-refractivity contribution < 1.29 is 13.5 Å². The van der Waals surface area contributed by atoms with E-state index in [1.54, 1.807) is 13.2 Å². The van der Waals surface area contributed by atoms with E-state index in [0.717, 1.165) is 16.9 Å². The van der Waals surface area contributed by atoms with Crippen LogP contribution in [-0.2, 0) is 12.2 Å². The number of ether oxygens (including phenoxy) is 1. The SMILES string of the molecule is COc1ccc(Cc2nnc(SCc3ccc(F)cc3Cl)o2)cc1. The number of aromatic nitrogens is 2. The van der Waals surface area contributed by atoms with Gasteiger partial charge in [0.15, 0.2) is 0 Å². The van der Waals surface area contributed by atoms with Gasteiger partial charge in [-0.25, -0.2) is 4.39 Å². The summed E-state index contributed by atoms with van der Waals surface area (Å²) < 4.78 is 23.8. The van der Waals surface area contributed by atoms with Crippen molar-refractivity contribution in [3.63, 3.8) is 0 Å². The van der Waals surface area contributed by atoms with Gasteiger partial charge in [-0.05, 0) is 35.4 Å². The Labute approximate surface area is 148 Å². The fourth-order valence-electron chi connectivity index (χ4n) is 2.06. The third-order valence-electron chi connectivity index (χ3n) is 3.33. The van der Waals surface area contributed by atoms with Crippen LogP contribution in [0.25, 0.3) is 0 Å². The van der Waals surface area contributed by atoms with Gasteiger partial charge in [0.1, 0.15) is 11.6 Å². The smallest absolute Gasteiger partial charge is 0.276 e. The molecule has 0 aliphatic heterocycles. The fraction of sp³-hybridized carbons (Fsp3) is 0.176. The first-order chi connectivity index (χ1) is 11.6. The molecular formula is C17H14ClFN2O2S. The topological polar surface area (TPSA) is 48.2 Å². The van der Waals surface area contributed by atoms with Crippen LogP contribution in [0.2, 0.25) is 5.02 Å². The van der Waals surface area contributed by atoms with Crippen molar-refractivity contribution in [3.05, 3.63) is 70.3 Å². The Kier molecular flexibility index (Phi) is 5.37. The minimum Gasteiger partial charge on any atom is -0.497 e. The normalized spacial score (nSPS) is 10.8. The molecule has 124 valence electrons. The van der Waals surface area contributed by atoms with Gasteiger partial charge < -0.3 is 9.15 Å². The van der Waals surface area contributed by atoms with Crippen LogP contribution in [0.5, 0.6) is 5.75 Å². The van der Waals surface area contributed by atoms with Gasteiger partial charge >= 0.3 is 0 Å². The van der Waals surface area contributed by atoms with E-state index in [9.17, 15) is 4.39 Å². The van der Waals surface area contributed by atoms with Crippen LogP contribution in [0.15, 0.2) is 52.1 Å². The largest absolute Gasteiger partial charge is 0.497 e. The summed E-state index contributed by atoms with van der Waals surface area (Å²) in [6, 6.07) is 12.0. The lowest BCUT2D eigenvalue weighted by Gasteiger charge is -2.02. The Hall–Kier alpha value is -2.05. The number of methoxy groups -OCH3 is 1. The molecule has 0 fully saturated rings. The van der Waals surface area contributed by atoms with Gasteiger partial charge in [0, 0.05) is 10.8 Å². The first kappa shape index (κ1) is 16.8. The maximum atomic E-state index is 13.0. The molecule has 0 spiro atoms. The van der Waals surface area contributed by atoms with Crippen LogP contribution in [0, 0.1) is 5.82 Å². The maximum absolute atomic E-state index is 13.0. The molecule has 7 heteroatoms. The summed E-state index contributed by atoms with van der Waals surface area (Å²) in [5, 5.41) is 8.90. The molecule has 0 amide bonds. The van der Waals surface area contributed by atoms with E-state index in [2.05, 4.69) is 10.2 Å². The van der Waals surface area contributed by atoms with Crippen LogP contribution in [0.1, 0.15) is 17.0 Å². The van der Waals surface area contributed by atoms with E-state index in [1.807, 2.05) is 24.3 Å². The van der Waals surface area contributed by atoms with E-state index in [4.69, 9.17) is 20.8 Å². The maximum Gasteiger partial charge on any atom is 0.276 e. The molecule has 0 N–H and O–H groups in total. The Morgan fingerprint density at radius 2 is 1.96 bits per heavy atom. The third-order valence-corrected chi connectivity index (χ3v) is 4.55. The van der Waals surface area contributed by atoms with Crippen LogP contribution in [-0.4, -0.2) is 17.3 Å². The summed E-state index contributed by atoms with van der Waals surface area (Å²) in [6.07, 6.45) is 0.550. The summed E-state index contributed by atoms with van der Waals surface area (Å²) in [6.45, 7) is 0. The molecular weight excluding hydrogens is 351 g/mol. The van der Waals surface area contributed by atoms with Crippen molar-refractivity contribution >= 4 is 23.4 Å². The van der Waals surface area contributed by atoms with Gasteiger partial charge in [0.25, 0.3) is 5.22 Å². The zero-order valence-electron chi connectivity index (χ0n) is 12.8. The zero-order valence-corrected chi connectivity index (χ0v) is 14.4. The number of benzene rings is 2. The molecule has 1 heterocycles. The predicted octanol–water partition coefficient (Wildman–Crippen LogP) is 4.75. The molecule has 2 aromatic carbocycles. The Morgan fingerprint density at radius 3 is 2.67 bits per heavy atom. The van der Waals surface area contributed by atoms with Crippen LogP contribution < -0.4 is 4.74 Å². The predicted molar refractivity (Wildman–Crippen MR) is 91.1 cm³/mol. The van der Waals surface area contributed by atoms with E-state index in [-0.39, 0.29) is 5.82 Å². The molecule has 0 aliphatic rings. The molecule has 1 aromatic heterocycles. The summed E-state index contributed by atoms with van der Waals surface area (Å²) in [4.78, 5) is 0. The minimum absolute atomic E-state index is 0.353. The summed E-state index contributed by atoms with van der Waals surface area (Å²) in [5.41, 5.74) is 1.87. The van der Waals surface area contributed by atoms with Crippen LogP contribution in [0.3, 0.4) is 0 Å². The lowest BCUT2D eigenvalue weighted by atomic mass is 10.1. The highest BCUT2D eigenvalue weighted by atomic mass is 35.5. The average molecular weight is 365 g/mol. The lowest BCUT2D eigenvalue weighted by molar-refractivity contribution is 0.413. The van der Waals surface area contributed by atoms with Gasteiger partial charge in [0.2, 0.25) is 5.89 Å². The monoisotopic (exact) mass is 364 g/mol. The number of hydrogen-bond acceptors (Lipinski definition) is 5. The number of rotatable bonds is 6. The van der Waals surface area contributed by atoms with E-state index in [1.165, 1.54) is 23.9 Å². The highest BCUT2D eigenvalue weighted by Crippen LogP contribution is 2.27. The van der Waals surface area contributed by atoms with Gasteiger partial charge in [-0.2, -0.15) is 0 Å². The average Bonchev–Trinajstić information content (AvgIpc) is 3.02. The van der Waals surface area contributed by atoms with Crippen molar-refractivity contribution in [2.45, 2.75) is 17.4 Å². The van der Waals surface area contributed by atoms with Crippen molar-refractivity contribution in [1.29, 1.82) is 0 Å². The molecule has 0 bridgehead atoms.